The molecule has 1 fully saturated rings. The zero-order chi connectivity index (χ0) is 23.1. The third-order valence-electron chi connectivity index (χ3n) is 6.62. The largest absolute Gasteiger partial charge is 0.338 e. The van der Waals surface area contributed by atoms with Gasteiger partial charge in [-0.25, -0.2) is 4.98 Å². The second kappa shape index (κ2) is 8.48. The standard InChI is InChI=1S/C26H30N6O/c1-5-24(33)31-15-19(16-31)26-28-22-10-8-18(13-23(22)32(26)12-6-11-30(3)4)25-17(2)7-9-21-20(25)14-27-29-21/h5,7-10,13-14,19H,1,6,11-12,15-16H2,2-4H3,(H,27,29). The molecular formula is C26H30N6O. The molecule has 1 amide bonds. The Labute approximate surface area is 193 Å². The maximum absolute atomic E-state index is 12.0. The Morgan fingerprint density at radius 3 is 2.85 bits per heavy atom. The predicted octanol–water partition coefficient (Wildman–Crippen LogP) is 3.95. The van der Waals surface area contributed by atoms with Crippen LogP contribution in [-0.2, 0) is 11.3 Å². The van der Waals surface area contributed by atoms with E-state index in [1.165, 1.54) is 22.8 Å². The van der Waals surface area contributed by atoms with E-state index in [0.29, 0.717) is 13.1 Å². The summed E-state index contributed by atoms with van der Waals surface area (Å²) in [5.41, 5.74) is 6.79. The van der Waals surface area contributed by atoms with Gasteiger partial charge < -0.3 is 14.4 Å². The highest BCUT2D eigenvalue weighted by molar-refractivity contribution is 5.98. The number of hydrogen-bond acceptors (Lipinski definition) is 4. The summed E-state index contributed by atoms with van der Waals surface area (Å²) in [6.45, 7) is 9.06. The number of rotatable bonds is 7. The average Bonchev–Trinajstić information content (AvgIpc) is 3.37. The molecule has 7 nitrogen and oxygen atoms in total. The number of benzene rings is 2. The zero-order valence-electron chi connectivity index (χ0n) is 19.5. The number of aromatic nitrogens is 4. The van der Waals surface area contributed by atoms with Crippen LogP contribution in [0.25, 0.3) is 33.1 Å². The van der Waals surface area contributed by atoms with Crippen molar-refractivity contribution in [3.63, 3.8) is 0 Å². The minimum atomic E-state index is -0.00696. The quantitative estimate of drug-likeness (QED) is 0.440. The molecule has 1 aliphatic heterocycles. The van der Waals surface area contributed by atoms with Gasteiger partial charge in [-0.3, -0.25) is 9.89 Å². The molecular weight excluding hydrogens is 412 g/mol. The van der Waals surface area contributed by atoms with Crippen molar-refractivity contribution in [2.45, 2.75) is 25.8 Å². The first-order valence-corrected chi connectivity index (χ1v) is 11.5. The second-order valence-corrected chi connectivity index (χ2v) is 9.21. The van der Waals surface area contributed by atoms with Crippen molar-refractivity contribution in [1.82, 2.24) is 29.5 Å². The lowest BCUT2D eigenvalue weighted by atomic mass is 9.96. The number of imidazole rings is 1. The van der Waals surface area contributed by atoms with Crippen LogP contribution in [0, 0.1) is 6.92 Å². The molecule has 0 atom stereocenters. The summed E-state index contributed by atoms with van der Waals surface area (Å²) in [5, 5.41) is 8.47. The summed E-state index contributed by atoms with van der Waals surface area (Å²) >= 11 is 0. The normalized spacial score (nSPS) is 14.4. The van der Waals surface area contributed by atoms with Crippen molar-refractivity contribution >= 4 is 27.8 Å². The van der Waals surface area contributed by atoms with Crippen LogP contribution in [-0.4, -0.2) is 69.2 Å². The molecule has 3 heterocycles. The molecule has 0 unspecified atom stereocenters. The van der Waals surface area contributed by atoms with E-state index in [0.717, 1.165) is 47.3 Å². The zero-order valence-corrected chi connectivity index (χ0v) is 19.5. The Kier molecular flexibility index (Phi) is 5.50. The summed E-state index contributed by atoms with van der Waals surface area (Å²) in [5.74, 6) is 1.32. The molecule has 0 saturated carbocycles. The summed E-state index contributed by atoms with van der Waals surface area (Å²) in [4.78, 5) is 21.0. The van der Waals surface area contributed by atoms with Crippen LogP contribution in [0.4, 0.5) is 0 Å². The van der Waals surface area contributed by atoms with Gasteiger partial charge in [-0.05, 0) is 75.0 Å². The molecule has 0 radical (unpaired) electrons. The summed E-state index contributed by atoms with van der Waals surface area (Å²) in [6.07, 6.45) is 4.33. The fourth-order valence-electron chi connectivity index (χ4n) is 4.85. The number of fused-ring (bicyclic) bond motifs is 2. The van der Waals surface area contributed by atoms with Crippen LogP contribution in [0.15, 0.2) is 49.2 Å². The molecule has 170 valence electrons. The lowest BCUT2D eigenvalue weighted by Gasteiger charge is -2.38. The minimum Gasteiger partial charge on any atom is -0.338 e. The SMILES string of the molecule is C=CC(=O)N1CC(c2nc3ccc(-c4c(C)ccc5[nH]ncc45)cc3n2CCCN(C)C)C1. The fourth-order valence-corrected chi connectivity index (χ4v) is 4.85. The van der Waals surface area contributed by atoms with Crippen LogP contribution < -0.4 is 0 Å². The molecule has 5 rings (SSSR count). The number of amides is 1. The molecule has 33 heavy (non-hydrogen) atoms. The molecule has 1 aliphatic rings. The van der Waals surface area contributed by atoms with Gasteiger partial charge in [0.05, 0.1) is 28.7 Å². The van der Waals surface area contributed by atoms with Gasteiger partial charge in [0.2, 0.25) is 5.91 Å². The number of H-pyrrole nitrogens is 1. The van der Waals surface area contributed by atoms with E-state index >= 15 is 0 Å². The lowest BCUT2D eigenvalue weighted by molar-refractivity contribution is -0.130. The Hall–Kier alpha value is -3.45. The first kappa shape index (κ1) is 21.4. The van der Waals surface area contributed by atoms with Crippen LogP contribution in [0.3, 0.4) is 0 Å². The first-order chi connectivity index (χ1) is 16.0. The Balaban J connectivity index is 1.57. The number of carbonyl (C=O) groups excluding carboxylic acids is 1. The van der Waals surface area contributed by atoms with E-state index < -0.39 is 0 Å². The van der Waals surface area contributed by atoms with Crippen molar-refractivity contribution in [2.24, 2.45) is 0 Å². The molecule has 1 saturated heterocycles. The number of likely N-dealkylation sites (tertiary alicyclic amines) is 1. The highest BCUT2D eigenvalue weighted by Crippen LogP contribution is 2.35. The Morgan fingerprint density at radius 1 is 1.27 bits per heavy atom. The van der Waals surface area contributed by atoms with E-state index in [1.54, 1.807) is 0 Å². The Bertz CT molecular complexity index is 1340. The van der Waals surface area contributed by atoms with Crippen molar-refractivity contribution in [1.29, 1.82) is 0 Å². The van der Waals surface area contributed by atoms with E-state index in [1.807, 2.05) is 11.1 Å². The fraction of sp³-hybridized carbons (Fsp3) is 0.346. The van der Waals surface area contributed by atoms with Crippen LogP contribution in [0.5, 0.6) is 0 Å². The number of nitrogens with one attached hydrogen (secondary N) is 1. The molecule has 2 aromatic heterocycles. The number of aromatic amines is 1. The summed E-state index contributed by atoms with van der Waals surface area (Å²) in [7, 11) is 4.20. The second-order valence-electron chi connectivity index (χ2n) is 9.21. The smallest absolute Gasteiger partial charge is 0.246 e. The van der Waals surface area contributed by atoms with Crippen molar-refractivity contribution in [3.8, 4) is 11.1 Å². The van der Waals surface area contributed by atoms with Crippen LogP contribution >= 0.6 is 0 Å². The molecule has 7 heteroatoms. The summed E-state index contributed by atoms with van der Waals surface area (Å²) in [6, 6.07) is 10.8. The lowest BCUT2D eigenvalue weighted by Crippen LogP contribution is -2.48. The van der Waals surface area contributed by atoms with Gasteiger partial charge in [0.1, 0.15) is 5.82 Å². The average molecular weight is 443 g/mol. The number of hydrogen-bond donors (Lipinski definition) is 1. The van der Waals surface area contributed by atoms with Gasteiger partial charge in [-0.2, -0.15) is 5.10 Å². The third-order valence-corrected chi connectivity index (χ3v) is 6.62. The van der Waals surface area contributed by atoms with Gasteiger partial charge in [-0.1, -0.05) is 18.7 Å². The van der Waals surface area contributed by atoms with Gasteiger partial charge in [0.25, 0.3) is 0 Å². The molecule has 0 aliphatic carbocycles. The predicted molar refractivity (Wildman–Crippen MR) is 132 cm³/mol. The van der Waals surface area contributed by atoms with E-state index in [2.05, 4.69) is 77.6 Å². The van der Waals surface area contributed by atoms with Crippen molar-refractivity contribution < 1.29 is 4.79 Å². The highest BCUT2D eigenvalue weighted by Gasteiger charge is 2.34. The van der Waals surface area contributed by atoms with Gasteiger partial charge >= 0.3 is 0 Å². The van der Waals surface area contributed by atoms with Gasteiger partial charge in [0, 0.05) is 25.0 Å². The van der Waals surface area contributed by atoms with E-state index in [4.69, 9.17) is 4.98 Å². The molecule has 0 spiro atoms. The number of aryl methyl sites for hydroxylation is 2. The monoisotopic (exact) mass is 442 g/mol. The highest BCUT2D eigenvalue weighted by atomic mass is 16.2. The topological polar surface area (TPSA) is 70.0 Å². The van der Waals surface area contributed by atoms with Crippen LogP contribution in [0.2, 0.25) is 0 Å². The van der Waals surface area contributed by atoms with E-state index in [-0.39, 0.29) is 11.8 Å². The maximum Gasteiger partial charge on any atom is 0.246 e. The first-order valence-electron chi connectivity index (χ1n) is 11.5. The number of carbonyl (C=O) groups is 1. The van der Waals surface area contributed by atoms with E-state index in [9.17, 15) is 4.79 Å². The summed E-state index contributed by atoms with van der Waals surface area (Å²) < 4.78 is 2.37. The molecule has 1 N–H and O–H groups in total. The molecule has 0 bridgehead atoms. The molecule has 4 aromatic rings. The molecule has 2 aromatic carbocycles. The van der Waals surface area contributed by atoms with Crippen molar-refractivity contribution in [2.75, 3.05) is 33.7 Å². The van der Waals surface area contributed by atoms with Crippen LogP contribution in [0.1, 0.15) is 23.7 Å². The Morgan fingerprint density at radius 2 is 2.09 bits per heavy atom. The maximum atomic E-state index is 12.0. The van der Waals surface area contributed by atoms with Gasteiger partial charge in [0.15, 0.2) is 0 Å². The van der Waals surface area contributed by atoms with Crippen molar-refractivity contribution in [3.05, 3.63) is 60.6 Å². The number of nitrogens with zero attached hydrogens (tertiary/aromatic N) is 5. The van der Waals surface area contributed by atoms with Gasteiger partial charge in [-0.15, -0.1) is 0 Å². The third kappa shape index (κ3) is 3.82. The minimum absolute atomic E-state index is 0.00696.